The number of alkyl halides is 1. The van der Waals surface area contributed by atoms with E-state index in [1.165, 1.54) is 31.4 Å². The van der Waals surface area contributed by atoms with E-state index >= 15 is 0 Å². The van der Waals surface area contributed by atoms with Gasteiger partial charge in [0.25, 0.3) is 0 Å². The molecule has 0 spiro atoms. The van der Waals surface area contributed by atoms with E-state index in [9.17, 15) is 8.78 Å². The van der Waals surface area contributed by atoms with Gasteiger partial charge in [0.05, 0.1) is 29.7 Å². The van der Waals surface area contributed by atoms with Crippen LogP contribution in [0.5, 0.6) is 5.75 Å². The van der Waals surface area contributed by atoms with Gasteiger partial charge in [0, 0.05) is 12.1 Å². The summed E-state index contributed by atoms with van der Waals surface area (Å²) in [6, 6.07) is 8.72. The first-order valence-electron chi connectivity index (χ1n) is 6.21. The molecule has 1 heterocycles. The summed E-state index contributed by atoms with van der Waals surface area (Å²) in [6.07, 6.45) is 0. The highest BCUT2D eigenvalue weighted by molar-refractivity contribution is 6.17. The van der Waals surface area contributed by atoms with Gasteiger partial charge in [-0.3, -0.25) is 4.57 Å². The van der Waals surface area contributed by atoms with Crippen LogP contribution in [0.2, 0.25) is 0 Å². The van der Waals surface area contributed by atoms with Crippen LogP contribution in [0.4, 0.5) is 8.78 Å². The third kappa shape index (κ3) is 2.34. The molecule has 0 amide bonds. The van der Waals surface area contributed by atoms with Crippen LogP contribution in [0.15, 0.2) is 36.4 Å². The lowest BCUT2D eigenvalue weighted by atomic mass is 10.2. The van der Waals surface area contributed by atoms with Crippen LogP contribution in [0.1, 0.15) is 5.82 Å². The van der Waals surface area contributed by atoms with Gasteiger partial charge in [0.2, 0.25) is 0 Å². The lowest BCUT2D eigenvalue weighted by Gasteiger charge is -2.09. The third-order valence-corrected chi connectivity index (χ3v) is 3.44. The molecule has 0 unspecified atom stereocenters. The standard InChI is InChI=1S/C15H11ClF2N2O/c1-21-14-5-3-10(7-11(14)18)20-13-6-9(17)2-4-12(13)19-15(20)8-16/h2-7H,8H2,1H3. The molecule has 0 radical (unpaired) electrons. The maximum atomic E-state index is 13.9. The smallest absolute Gasteiger partial charge is 0.167 e. The Morgan fingerprint density at radius 1 is 1.19 bits per heavy atom. The van der Waals surface area contributed by atoms with Crippen molar-refractivity contribution in [1.29, 1.82) is 0 Å². The maximum absolute atomic E-state index is 13.9. The lowest BCUT2D eigenvalue weighted by Crippen LogP contribution is -2.00. The highest BCUT2D eigenvalue weighted by Crippen LogP contribution is 2.26. The zero-order chi connectivity index (χ0) is 15.0. The fourth-order valence-electron chi connectivity index (χ4n) is 2.27. The van der Waals surface area contributed by atoms with Crippen molar-refractivity contribution in [3.63, 3.8) is 0 Å². The minimum absolute atomic E-state index is 0.129. The average molecular weight is 309 g/mol. The van der Waals surface area contributed by atoms with Crippen molar-refractivity contribution in [3.8, 4) is 11.4 Å². The van der Waals surface area contributed by atoms with Crippen molar-refractivity contribution in [2.75, 3.05) is 7.11 Å². The molecular formula is C15H11ClF2N2O. The number of aromatic nitrogens is 2. The van der Waals surface area contributed by atoms with E-state index in [1.54, 1.807) is 16.7 Å². The topological polar surface area (TPSA) is 27.1 Å². The van der Waals surface area contributed by atoms with E-state index in [-0.39, 0.29) is 11.6 Å². The van der Waals surface area contributed by atoms with Crippen LogP contribution in [0.3, 0.4) is 0 Å². The molecule has 0 bridgehead atoms. The molecule has 0 atom stereocenters. The van der Waals surface area contributed by atoms with Crippen molar-refractivity contribution < 1.29 is 13.5 Å². The number of benzene rings is 2. The fraction of sp³-hybridized carbons (Fsp3) is 0.133. The van der Waals surface area contributed by atoms with Gasteiger partial charge < -0.3 is 4.74 Å². The van der Waals surface area contributed by atoms with E-state index in [0.717, 1.165) is 0 Å². The summed E-state index contributed by atoms with van der Waals surface area (Å²) in [7, 11) is 1.39. The molecule has 21 heavy (non-hydrogen) atoms. The molecule has 1 aromatic heterocycles. The average Bonchev–Trinajstić information content (AvgIpc) is 2.84. The van der Waals surface area contributed by atoms with Crippen LogP contribution in [-0.4, -0.2) is 16.7 Å². The van der Waals surface area contributed by atoms with Crippen LogP contribution in [0, 0.1) is 11.6 Å². The van der Waals surface area contributed by atoms with Crippen LogP contribution >= 0.6 is 11.6 Å². The minimum Gasteiger partial charge on any atom is -0.494 e. The first-order valence-corrected chi connectivity index (χ1v) is 6.74. The molecule has 3 nitrogen and oxygen atoms in total. The van der Waals surface area contributed by atoms with Crippen LogP contribution in [-0.2, 0) is 5.88 Å². The van der Waals surface area contributed by atoms with Crippen molar-refractivity contribution in [2.45, 2.75) is 5.88 Å². The number of rotatable bonds is 3. The summed E-state index contributed by atoms with van der Waals surface area (Å²) >= 11 is 5.90. The molecule has 0 aliphatic rings. The summed E-state index contributed by atoms with van der Waals surface area (Å²) in [5, 5.41) is 0. The number of imidazole rings is 1. The Hall–Kier alpha value is -2.14. The Morgan fingerprint density at radius 2 is 2.00 bits per heavy atom. The van der Waals surface area contributed by atoms with Crippen molar-refractivity contribution >= 4 is 22.6 Å². The number of halogens is 3. The van der Waals surface area contributed by atoms with E-state index < -0.39 is 11.6 Å². The third-order valence-electron chi connectivity index (χ3n) is 3.20. The molecule has 6 heteroatoms. The predicted octanol–water partition coefficient (Wildman–Crippen LogP) is 4.05. The first-order chi connectivity index (χ1) is 10.1. The normalized spacial score (nSPS) is 11.0. The number of hydrogen-bond acceptors (Lipinski definition) is 2. The zero-order valence-electron chi connectivity index (χ0n) is 11.1. The van der Waals surface area contributed by atoms with E-state index in [1.807, 2.05) is 0 Å². The zero-order valence-corrected chi connectivity index (χ0v) is 11.9. The van der Waals surface area contributed by atoms with Crippen molar-refractivity contribution in [3.05, 3.63) is 53.9 Å². The second-order valence-electron chi connectivity index (χ2n) is 4.45. The van der Waals surface area contributed by atoms with Crippen LogP contribution < -0.4 is 4.74 Å². The van der Waals surface area contributed by atoms with Gasteiger partial charge in [-0.1, -0.05) is 0 Å². The molecule has 0 aliphatic heterocycles. The SMILES string of the molecule is COc1ccc(-n2c(CCl)nc3ccc(F)cc32)cc1F. The van der Waals surface area contributed by atoms with E-state index in [4.69, 9.17) is 16.3 Å². The molecule has 0 saturated heterocycles. The number of hydrogen-bond donors (Lipinski definition) is 0. The summed E-state index contributed by atoms with van der Waals surface area (Å²) < 4.78 is 33.9. The first kappa shape index (κ1) is 13.8. The van der Waals surface area contributed by atoms with Crippen LogP contribution in [0.25, 0.3) is 16.7 Å². The van der Waals surface area contributed by atoms with Gasteiger partial charge in [-0.2, -0.15) is 0 Å². The Labute approximate surface area is 124 Å². The molecule has 108 valence electrons. The van der Waals surface area contributed by atoms with Gasteiger partial charge in [-0.15, -0.1) is 11.6 Å². The highest BCUT2D eigenvalue weighted by Gasteiger charge is 2.14. The van der Waals surface area contributed by atoms with E-state index in [0.29, 0.717) is 22.5 Å². The van der Waals surface area contributed by atoms with Gasteiger partial charge in [0.1, 0.15) is 11.6 Å². The number of fused-ring (bicyclic) bond motifs is 1. The minimum atomic E-state index is -0.506. The molecule has 0 fully saturated rings. The number of nitrogens with zero attached hydrogens (tertiary/aromatic N) is 2. The highest BCUT2D eigenvalue weighted by atomic mass is 35.5. The summed E-state index contributed by atoms with van der Waals surface area (Å²) in [4.78, 5) is 4.33. The quantitative estimate of drug-likeness (QED) is 0.683. The van der Waals surface area contributed by atoms with Crippen molar-refractivity contribution in [2.24, 2.45) is 0 Å². The Morgan fingerprint density at radius 3 is 2.67 bits per heavy atom. The summed E-state index contributed by atoms with van der Waals surface area (Å²) in [5.74, 6) is -0.111. The Balaban J connectivity index is 2.27. The van der Waals surface area contributed by atoms with Crippen molar-refractivity contribution in [1.82, 2.24) is 9.55 Å². The molecular weight excluding hydrogens is 298 g/mol. The molecule has 0 saturated carbocycles. The molecule has 3 aromatic rings. The van der Waals surface area contributed by atoms with Gasteiger partial charge in [-0.25, -0.2) is 13.8 Å². The summed E-state index contributed by atoms with van der Waals surface area (Å²) in [5.41, 5.74) is 1.65. The molecule has 0 aliphatic carbocycles. The second kappa shape index (κ2) is 5.33. The van der Waals surface area contributed by atoms with Gasteiger partial charge in [0.15, 0.2) is 11.6 Å². The second-order valence-corrected chi connectivity index (χ2v) is 4.72. The molecule has 2 aromatic carbocycles. The van der Waals surface area contributed by atoms with Gasteiger partial charge in [-0.05, 0) is 24.3 Å². The Bertz CT molecular complexity index is 817. The monoisotopic (exact) mass is 308 g/mol. The summed E-state index contributed by atoms with van der Waals surface area (Å²) in [6.45, 7) is 0. The van der Waals surface area contributed by atoms with E-state index in [2.05, 4.69) is 4.98 Å². The predicted molar refractivity (Wildman–Crippen MR) is 77.1 cm³/mol. The number of ether oxygens (including phenoxy) is 1. The Kier molecular flexibility index (Phi) is 3.51. The molecule has 3 rings (SSSR count). The largest absolute Gasteiger partial charge is 0.494 e. The van der Waals surface area contributed by atoms with Gasteiger partial charge >= 0.3 is 0 Å². The molecule has 0 N–H and O–H groups in total. The fourth-order valence-corrected chi connectivity index (χ4v) is 2.45. The maximum Gasteiger partial charge on any atom is 0.167 e. The number of methoxy groups -OCH3 is 1. The lowest BCUT2D eigenvalue weighted by molar-refractivity contribution is 0.386.